The molecule has 0 atom stereocenters. The number of hydrogen-bond acceptors (Lipinski definition) is 3. The third kappa shape index (κ3) is 2.26. The molecular formula is C16H21NO2. The molecule has 19 heavy (non-hydrogen) atoms. The van der Waals surface area contributed by atoms with Gasteiger partial charge in [-0.3, -0.25) is 4.98 Å². The smallest absolute Gasteiger partial charge is 0.338 e. The molecule has 0 fully saturated rings. The molecule has 0 bridgehead atoms. The van der Waals surface area contributed by atoms with Gasteiger partial charge in [-0.2, -0.15) is 0 Å². The number of nitrogens with zero attached hydrogens (tertiary/aromatic N) is 1. The summed E-state index contributed by atoms with van der Waals surface area (Å²) in [7, 11) is 0. The number of pyridine rings is 1. The zero-order valence-electron chi connectivity index (χ0n) is 11.6. The minimum absolute atomic E-state index is 0.124. The lowest BCUT2D eigenvalue weighted by Gasteiger charge is -2.25. The highest BCUT2D eigenvalue weighted by Gasteiger charge is 2.27. The summed E-state index contributed by atoms with van der Waals surface area (Å²) in [6, 6.07) is 0. The van der Waals surface area contributed by atoms with Gasteiger partial charge in [0.05, 0.1) is 12.2 Å². The first-order valence-corrected chi connectivity index (χ1v) is 7.52. The van der Waals surface area contributed by atoms with Crippen LogP contribution in [0.1, 0.15) is 65.5 Å². The second kappa shape index (κ2) is 5.32. The van der Waals surface area contributed by atoms with E-state index in [2.05, 4.69) is 0 Å². The molecule has 3 nitrogen and oxygen atoms in total. The summed E-state index contributed by atoms with van der Waals surface area (Å²) in [4.78, 5) is 17.2. The molecule has 1 aromatic rings. The zero-order valence-corrected chi connectivity index (χ0v) is 11.6. The van der Waals surface area contributed by atoms with Gasteiger partial charge in [0.1, 0.15) is 0 Å². The molecule has 2 aliphatic carbocycles. The molecule has 3 rings (SSSR count). The molecule has 0 saturated heterocycles. The molecular weight excluding hydrogens is 238 g/mol. The lowest BCUT2D eigenvalue weighted by Crippen LogP contribution is -2.21. The van der Waals surface area contributed by atoms with Crippen LogP contribution in [0.25, 0.3) is 0 Å². The number of aromatic nitrogens is 1. The molecule has 102 valence electrons. The van der Waals surface area contributed by atoms with Gasteiger partial charge in [-0.05, 0) is 69.4 Å². The van der Waals surface area contributed by atoms with Crippen molar-refractivity contribution in [2.24, 2.45) is 0 Å². The van der Waals surface area contributed by atoms with E-state index in [1.165, 1.54) is 36.8 Å². The molecule has 0 spiro atoms. The van der Waals surface area contributed by atoms with Crippen molar-refractivity contribution < 1.29 is 9.53 Å². The van der Waals surface area contributed by atoms with Gasteiger partial charge in [0.25, 0.3) is 0 Å². The van der Waals surface area contributed by atoms with Crippen molar-refractivity contribution in [1.29, 1.82) is 0 Å². The third-order valence-electron chi connectivity index (χ3n) is 4.23. The second-order valence-corrected chi connectivity index (χ2v) is 5.47. The number of aryl methyl sites for hydroxylation is 2. The van der Waals surface area contributed by atoms with E-state index < -0.39 is 0 Å². The van der Waals surface area contributed by atoms with Crippen molar-refractivity contribution in [2.75, 3.05) is 6.61 Å². The van der Waals surface area contributed by atoms with Crippen LogP contribution in [0.5, 0.6) is 0 Å². The predicted molar refractivity (Wildman–Crippen MR) is 73.5 cm³/mol. The molecule has 3 heteroatoms. The molecule has 0 amide bonds. The number of esters is 1. The van der Waals surface area contributed by atoms with Crippen LogP contribution in [0.15, 0.2) is 0 Å². The first kappa shape index (κ1) is 12.6. The van der Waals surface area contributed by atoms with E-state index in [-0.39, 0.29) is 5.97 Å². The monoisotopic (exact) mass is 259 g/mol. The SMILES string of the molecule is CCOC(=O)c1c2c(nc3c1CCCC3)CCCC2. The largest absolute Gasteiger partial charge is 0.462 e. The lowest BCUT2D eigenvalue weighted by molar-refractivity contribution is 0.0522. The number of carbonyl (C=O) groups excluding carboxylic acids is 1. The Morgan fingerprint density at radius 1 is 1.00 bits per heavy atom. The highest BCUT2D eigenvalue weighted by Crippen LogP contribution is 2.31. The Balaban J connectivity index is 2.14. The highest BCUT2D eigenvalue weighted by atomic mass is 16.5. The molecule has 1 aromatic heterocycles. The van der Waals surface area contributed by atoms with Crippen LogP contribution < -0.4 is 0 Å². The topological polar surface area (TPSA) is 39.2 Å². The standard InChI is InChI=1S/C16H21NO2/c1-2-19-16(18)15-11-7-3-5-9-13(11)17-14-10-6-4-8-12(14)15/h2-10H2,1H3. The molecule has 0 unspecified atom stereocenters. The van der Waals surface area contributed by atoms with Crippen LogP contribution in [-0.4, -0.2) is 17.6 Å². The number of fused-ring (bicyclic) bond motifs is 2. The Hall–Kier alpha value is -1.38. The van der Waals surface area contributed by atoms with Crippen LogP contribution in [0.3, 0.4) is 0 Å². The zero-order chi connectivity index (χ0) is 13.2. The normalized spacial score (nSPS) is 17.5. The highest BCUT2D eigenvalue weighted by molar-refractivity contribution is 5.93. The maximum absolute atomic E-state index is 12.3. The molecule has 2 aliphatic rings. The van der Waals surface area contributed by atoms with Gasteiger partial charge in [0.2, 0.25) is 0 Å². The van der Waals surface area contributed by atoms with Crippen LogP contribution in [0.4, 0.5) is 0 Å². The van der Waals surface area contributed by atoms with E-state index in [0.717, 1.165) is 42.6 Å². The Morgan fingerprint density at radius 3 is 2.05 bits per heavy atom. The van der Waals surface area contributed by atoms with Gasteiger partial charge < -0.3 is 4.74 Å². The summed E-state index contributed by atoms with van der Waals surface area (Å²) in [5.41, 5.74) is 5.57. The van der Waals surface area contributed by atoms with Crippen molar-refractivity contribution >= 4 is 5.97 Å². The van der Waals surface area contributed by atoms with Gasteiger partial charge in [0, 0.05) is 11.4 Å². The summed E-state index contributed by atoms with van der Waals surface area (Å²) in [5, 5.41) is 0. The van der Waals surface area contributed by atoms with Gasteiger partial charge in [0.15, 0.2) is 0 Å². The number of hydrogen-bond donors (Lipinski definition) is 0. The maximum atomic E-state index is 12.3. The molecule has 0 radical (unpaired) electrons. The van der Waals surface area contributed by atoms with Crippen LogP contribution in [0.2, 0.25) is 0 Å². The maximum Gasteiger partial charge on any atom is 0.338 e. The fourth-order valence-electron chi connectivity index (χ4n) is 3.36. The molecule has 1 heterocycles. The Labute approximate surface area is 114 Å². The van der Waals surface area contributed by atoms with Gasteiger partial charge >= 0.3 is 5.97 Å². The minimum atomic E-state index is -0.124. The second-order valence-electron chi connectivity index (χ2n) is 5.47. The van der Waals surface area contributed by atoms with Crippen molar-refractivity contribution in [1.82, 2.24) is 4.98 Å². The van der Waals surface area contributed by atoms with E-state index in [0.29, 0.717) is 6.61 Å². The van der Waals surface area contributed by atoms with Gasteiger partial charge in [-0.1, -0.05) is 0 Å². The number of carbonyl (C=O) groups is 1. The predicted octanol–water partition coefficient (Wildman–Crippen LogP) is 3.02. The quantitative estimate of drug-likeness (QED) is 0.766. The van der Waals surface area contributed by atoms with Crippen LogP contribution in [-0.2, 0) is 30.4 Å². The van der Waals surface area contributed by atoms with Gasteiger partial charge in [-0.15, -0.1) is 0 Å². The number of ether oxygens (including phenoxy) is 1. The summed E-state index contributed by atoms with van der Waals surface area (Å²) in [6.07, 6.45) is 8.75. The molecule has 0 aliphatic heterocycles. The number of rotatable bonds is 2. The van der Waals surface area contributed by atoms with Gasteiger partial charge in [-0.25, -0.2) is 4.79 Å². The van der Waals surface area contributed by atoms with E-state index in [1.54, 1.807) is 0 Å². The summed E-state index contributed by atoms with van der Waals surface area (Å²) < 4.78 is 5.29. The average Bonchev–Trinajstić information content (AvgIpc) is 2.44. The first-order chi connectivity index (χ1) is 9.31. The Morgan fingerprint density at radius 2 is 1.53 bits per heavy atom. The molecule has 0 saturated carbocycles. The van der Waals surface area contributed by atoms with Crippen LogP contribution in [0, 0.1) is 0 Å². The Kier molecular flexibility index (Phi) is 3.54. The molecule has 0 aromatic carbocycles. The van der Waals surface area contributed by atoms with Crippen LogP contribution >= 0.6 is 0 Å². The van der Waals surface area contributed by atoms with Crippen molar-refractivity contribution in [3.63, 3.8) is 0 Å². The Bertz CT molecular complexity index is 474. The van der Waals surface area contributed by atoms with E-state index in [9.17, 15) is 4.79 Å². The lowest BCUT2D eigenvalue weighted by atomic mass is 9.84. The van der Waals surface area contributed by atoms with Crippen molar-refractivity contribution in [3.8, 4) is 0 Å². The van der Waals surface area contributed by atoms with E-state index in [1.807, 2.05) is 6.92 Å². The summed E-state index contributed by atoms with van der Waals surface area (Å²) in [5.74, 6) is -0.124. The summed E-state index contributed by atoms with van der Waals surface area (Å²) >= 11 is 0. The van der Waals surface area contributed by atoms with Crippen molar-refractivity contribution in [2.45, 2.75) is 58.3 Å². The molecule has 0 N–H and O–H groups in total. The fraction of sp³-hybridized carbons (Fsp3) is 0.625. The van der Waals surface area contributed by atoms with Crippen molar-refractivity contribution in [3.05, 3.63) is 28.1 Å². The van der Waals surface area contributed by atoms with E-state index >= 15 is 0 Å². The average molecular weight is 259 g/mol. The fourth-order valence-corrected chi connectivity index (χ4v) is 3.36. The first-order valence-electron chi connectivity index (χ1n) is 7.52. The third-order valence-corrected chi connectivity index (χ3v) is 4.23. The van der Waals surface area contributed by atoms with E-state index in [4.69, 9.17) is 9.72 Å². The minimum Gasteiger partial charge on any atom is -0.462 e. The summed E-state index contributed by atoms with van der Waals surface area (Å²) in [6.45, 7) is 2.32.